The number of carboxylic acids is 1. The fraction of sp³-hybridized carbons (Fsp3) is 0.250. The lowest BCUT2D eigenvalue weighted by Gasteiger charge is -1.87. The molecule has 0 saturated heterocycles. The van der Waals surface area contributed by atoms with Crippen LogP contribution in [0.2, 0.25) is 0 Å². The van der Waals surface area contributed by atoms with Crippen LogP contribution in [0.4, 0.5) is 0 Å². The summed E-state index contributed by atoms with van der Waals surface area (Å²) >= 11 is 0. The standard InChI is InChI=1S/C4H6O3.C4H6O2/c1-3(2-5)4(6)7;1-3-6-4(2)5/h5H,1-2H2,(H,6,7);3H,1H2,2H3. The first-order valence-corrected chi connectivity index (χ1v) is 3.25. The summed E-state index contributed by atoms with van der Waals surface area (Å²) in [6.45, 7) is 7.03. The van der Waals surface area contributed by atoms with Crippen LogP contribution >= 0.6 is 0 Å². The second-order valence-electron chi connectivity index (χ2n) is 1.84. The number of aliphatic carboxylic acids is 1. The Morgan fingerprint density at radius 2 is 2.00 bits per heavy atom. The largest absolute Gasteiger partial charge is 0.478 e. The van der Waals surface area contributed by atoms with Crippen molar-refractivity contribution in [2.45, 2.75) is 6.92 Å². The van der Waals surface area contributed by atoms with E-state index >= 15 is 0 Å². The third-order valence-corrected chi connectivity index (χ3v) is 0.743. The SMILES string of the molecule is C=C(CO)C(=O)O.C=COC(C)=O. The zero-order valence-electron chi connectivity index (χ0n) is 7.32. The first-order valence-electron chi connectivity index (χ1n) is 3.25. The minimum Gasteiger partial charge on any atom is -0.478 e. The predicted molar refractivity (Wildman–Crippen MR) is 45.8 cm³/mol. The molecule has 0 aromatic carbocycles. The quantitative estimate of drug-likeness (QED) is 0.378. The highest BCUT2D eigenvalue weighted by Crippen LogP contribution is 1.83. The van der Waals surface area contributed by atoms with Crippen LogP contribution in [0.25, 0.3) is 0 Å². The van der Waals surface area contributed by atoms with E-state index in [0.717, 1.165) is 6.26 Å². The first kappa shape index (κ1) is 13.9. The topological polar surface area (TPSA) is 83.8 Å². The number of aliphatic hydroxyl groups is 1. The van der Waals surface area contributed by atoms with Crippen LogP contribution < -0.4 is 0 Å². The van der Waals surface area contributed by atoms with E-state index in [-0.39, 0.29) is 11.5 Å². The molecule has 0 unspecified atom stereocenters. The molecule has 0 amide bonds. The summed E-state index contributed by atoms with van der Waals surface area (Å²) in [5.41, 5.74) is -0.181. The summed E-state index contributed by atoms with van der Waals surface area (Å²) in [4.78, 5) is 19.4. The molecular formula is C8H12O5. The summed E-state index contributed by atoms with van der Waals surface area (Å²) in [7, 11) is 0. The van der Waals surface area contributed by atoms with E-state index in [1.54, 1.807) is 0 Å². The number of carbonyl (C=O) groups is 2. The van der Waals surface area contributed by atoms with Gasteiger partial charge < -0.3 is 14.9 Å². The van der Waals surface area contributed by atoms with E-state index in [1.807, 2.05) is 0 Å². The van der Waals surface area contributed by atoms with Crippen molar-refractivity contribution >= 4 is 11.9 Å². The molecule has 5 nitrogen and oxygen atoms in total. The fourth-order valence-electron chi connectivity index (χ4n) is 0.185. The van der Waals surface area contributed by atoms with E-state index in [1.165, 1.54) is 6.92 Å². The van der Waals surface area contributed by atoms with Gasteiger partial charge in [-0.1, -0.05) is 13.2 Å². The summed E-state index contributed by atoms with van der Waals surface area (Å²) in [6.07, 6.45) is 1.10. The molecule has 2 N–H and O–H groups in total. The van der Waals surface area contributed by atoms with E-state index < -0.39 is 12.6 Å². The molecule has 5 heteroatoms. The number of esters is 1. The normalized spacial score (nSPS) is 7.54. The van der Waals surface area contributed by atoms with Gasteiger partial charge in [-0.15, -0.1) is 0 Å². The van der Waals surface area contributed by atoms with E-state index in [9.17, 15) is 9.59 Å². The molecule has 0 bridgehead atoms. The highest BCUT2D eigenvalue weighted by atomic mass is 16.5. The number of hydrogen-bond donors (Lipinski definition) is 2. The summed E-state index contributed by atoms with van der Waals surface area (Å²) < 4.78 is 4.17. The molecule has 0 aliphatic heterocycles. The average molecular weight is 188 g/mol. The molecule has 0 atom stereocenters. The van der Waals surface area contributed by atoms with E-state index in [2.05, 4.69) is 17.9 Å². The minimum absolute atomic E-state index is 0.181. The van der Waals surface area contributed by atoms with Crippen molar-refractivity contribution in [3.05, 3.63) is 25.0 Å². The molecule has 0 heterocycles. The van der Waals surface area contributed by atoms with Gasteiger partial charge in [-0.3, -0.25) is 4.79 Å². The maximum atomic E-state index is 9.75. The molecule has 0 rings (SSSR count). The van der Waals surface area contributed by atoms with Crippen LogP contribution in [0.15, 0.2) is 25.0 Å². The molecule has 0 aliphatic rings. The Kier molecular flexibility index (Phi) is 9.09. The lowest BCUT2D eigenvalue weighted by Crippen LogP contribution is -2.01. The summed E-state index contributed by atoms with van der Waals surface area (Å²) in [5, 5.41) is 15.9. The van der Waals surface area contributed by atoms with Crippen LogP contribution in [0.3, 0.4) is 0 Å². The zero-order valence-corrected chi connectivity index (χ0v) is 7.32. The maximum Gasteiger partial charge on any atom is 0.333 e. The molecule has 0 aliphatic carbocycles. The number of hydrogen-bond acceptors (Lipinski definition) is 4. The molecule has 74 valence electrons. The molecule has 0 saturated carbocycles. The van der Waals surface area contributed by atoms with Gasteiger partial charge in [0.25, 0.3) is 0 Å². The van der Waals surface area contributed by atoms with Crippen LogP contribution in [0, 0.1) is 0 Å². The van der Waals surface area contributed by atoms with Gasteiger partial charge in [0.2, 0.25) is 0 Å². The van der Waals surface area contributed by atoms with Gasteiger partial charge in [-0.2, -0.15) is 0 Å². The Morgan fingerprint density at radius 1 is 1.54 bits per heavy atom. The first-order chi connectivity index (χ1) is 5.95. The zero-order chi connectivity index (χ0) is 10.9. The van der Waals surface area contributed by atoms with Crippen LogP contribution in [0.5, 0.6) is 0 Å². The summed E-state index contributed by atoms with van der Waals surface area (Å²) in [5.74, 6) is -1.48. The van der Waals surface area contributed by atoms with Crippen LogP contribution in [-0.2, 0) is 14.3 Å². The van der Waals surface area contributed by atoms with Crippen molar-refractivity contribution in [1.82, 2.24) is 0 Å². The highest BCUT2D eigenvalue weighted by Gasteiger charge is 1.97. The number of carbonyl (C=O) groups excluding carboxylic acids is 1. The number of carboxylic acid groups (broad SMARTS) is 1. The number of ether oxygens (including phenoxy) is 1. The second-order valence-corrected chi connectivity index (χ2v) is 1.84. The Labute approximate surface area is 75.9 Å². The molecule has 0 aromatic rings. The second kappa shape index (κ2) is 8.48. The Bertz CT molecular complexity index is 207. The molecule has 13 heavy (non-hydrogen) atoms. The van der Waals surface area contributed by atoms with Gasteiger partial charge in [-0.05, 0) is 0 Å². The molecular weight excluding hydrogens is 176 g/mol. The van der Waals surface area contributed by atoms with E-state index in [0.29, 0.717) is 0 Å². The van der Waals surface area contributed by atoms with Gasteiger partial charge in [0.15, 0.2) is 0 Å². The van der Waals surface area contributed by atoms with Crippen molar-refractivity contribution < 1.29 is 24.5 Å². The van der Waals surface area contributed by atoms with Gasteiger partial charge in [-0.25, -0.2) is 4.79 Å². The molecule has 0 aromatic heterocycles. The molecule has 0 fully saturated rings. The Balaban J connectivity index is 0. The third kappa shape index (κ3) is 13.4. The van der Waals surface area contributed by atoms with Crippen molar-refractivity contribution in [1.29, 1.82) is 0 Å². The minimum atomic E-state index is -1.15. The van der Waals surface area contributed by atoms with Crippen molar-refractivity contribution in [3.63, 3.8) is 0 Å². The van der Waals surface area contributed by atoms with E-state index in [4.69, 9.17) is 10.2 Å². The maximum absolute atomic E-state index is 9.75. The van der Waals surface area contributed by atoms with Gasteiger partial charge in [0.05, 0.1) is 18.4 Å². The average Bonchev–Trinajstić information content (AvgIpc) is 2.03. The number of aliphatic hydroxyl groups excluding tert-OH is 1. The third-order valence-electron chi connectivity index (χ3n) is 0.743. The van der Waals surface area contributed by atoms with Crippen molar-refractivity contribution in [3.8, 4) is 0 Å². The van der Waals surface area contributed by atoms with Gasteiger partial charge in [0.1, 0.15) is 0 Å². The van der Waals surface area contributed by atoms with Gasteiger partial charge in [0, 0.05) is 6.92 Å². The number of rotatable bonds is 3. The highest BCUT2D eigenvalue weighted by molar-refractivity contribution is 5.85. The lowest BCUT2D eigenvalue weighted by atomic mass is 10.3. The smallest absolute Gasteiger partial charge is 0.333 e. The molecule has 0 radical (unpaired) electrons. The Hall–Kier alpha value is -1.62. The van der Waals surface area contributed by atoms with Gasteiger partial charge >= 0.3 is 11.9 Å². The fourth-order valence-corrected chi connectivity index (χ4v) is 0.185. The molecule has 0 spiro atoms. The van der Waals surface area contributed by atoms with Crippen molar-refractivity contribution in [2.75, 3.05) is 6.61 Å². The lowest BCUT2D eigenvalue weighted by molar-refractivity contribution is -0.135. The predicted octanol–water partition coefficient (Wildman–Crippen LogP) is 0.312. The van der Waals surface area contributed by atoms with Crippen LogP contribution in [0.1, 0.15) is 6.92 Å². The Morgan fingerprint density at radius 3 is 2.00 bits per heavy atom. The van der Waals surface area contributed by atoms with Crippen molar-refractivity contribution in [2.24, 2.45) is 0 Å². The summed E-state index contributed by atoms with van der Waals surface area (Å²) in [6, 6.07) is 0. The van der Waals surface area contributed by atoms with Crippen LogP contribution in [-0.4, -0.2) is 28.8 Å². The monoisotopic (exact) mass is 188 g/mol.